The Hall–Kier alpha value is -1.11. The second-order valence-corrected chi connectivity index (χ2v) is 9.59. The highest BCUT2D eigenvalue weighted by Crippen LogP contribution is 2.40. The van der Waals surface area contributed by atoms with Crippen LogP contribution >= 0.6 is 0 Å². The molecule has 0 radical (unpaired) electrons. The van der Waals surface area contributed by atoms with Crippen molar-refractivity contribution in [2.24, 2.45) is 17.8 Å². The molecule has 1 heteroatoms. The first-order chi connectivity index (χ1) is 13.8. The average Bonchev–Trinajstić information content (AvgIpc) is 2.75. The monoisotopic (exact) mass is 384 g/mol. The first-order valence-electron chi connectivity index (χ1n) is 12.1. The summed E-state index contributed by atoms with van der Waals surface area (Å²) in [5.74, 6) is 3.16. The highest BCUT2D eigenvalue weighted by atomic mass is 19.1. The lowest BCUT2D eigenvalue weighted by atomic mass is 9.74. The van der Waals surface area contributed by atoms with Gasteiger partial charge in [-0.15, -0.1) is 0 Å². The van der Waals surface area contributed by atoms with Gasteiger partial charge in [-0.3, -0.25) is 0 Å². The van der Waals surface area contributed by atoms with Gasteiger partial charge in [0.05, 0.1) is 6.33 Å². The lowest BCUT2D eigenvalue weighted by Gasteiger charge is -2.31. The van der Waals surface area contributed by atoms with Crippen LogP contribution in [0.2, 0.25) is 0 Å². The van der Waals surface area contributed by atoms with Crippen LogP contribution in [0.15, 0.2) is 36.7 Å². The van der Waals surface area contributed by atoms with Crippen molar-refractivity contribution >= 4 is 0 Å². The van der Waals surface area contributed by atoms with E-state index in [1.165, 1.54) is 95.5 Å². The molecule has 28 heavy (non-hydrogen) atoms. The molecule has 0 spiro atoms. The van der Waals surface area contributed by atoms with E-state index in [1.807, 2.05) is 0 Å². The smallest absolute Gasteiger partial charge is 0.0829 e. The number of aryl methyl sites for hydroxylation is 1. The summed E-state index contributed by atoms with van der Waals surface area (Å²) in [7, 11) is 0. The zero-order valence-electron chi connectivity index (χ0n) is 18.1. The molecule has 156 valence electrons. The van der Waals surface area contributed by atoms with Crippen molar-refractivity contribution in [3.8, 4) is 0 Å². The highest BCUT2D eigenvalue weighted by Gasteiger charge is 2.24. The Morgan fingerprint density at radius 1 is 0.821 bits per heavy atom. The van der Waals surface area contributed by atoms with Gasteiger partial charge in [-0.25, -0.2) is 4.39 Å². The summed E-state index contributed by atoms with van der Waals surface area (Å²) in [4.78, 5) is 0. The summed E-state index contributed by atoms with van der Waals surface area (Å²) >= 11 is 0. The number of halogens is 1. The molecule has 0 aliphatic heterocycles. The number of hydrogen-bond acceptors (Lipinski definition) is 0. The van der Waals surface area contributed by atoms with Crippen molar-refractivity contribution in [2.45, 2.75) is 103 Å². The van der Waals surface area contributed by atoms with Crippen molar-refractivity contribution in [3.63, 3.8) is 0 Å². The Bertz CT molecular complexity index is 556. The van der Waals surface area contributed by atoms with Crippen LogP contribution in [-0.2, 0) is 6.42 Å². The van der Waals surface area contributed by atoms with Crippen molar-refractivity contribution in [1.82, 2.24) is 0 Å². The Labute approximate surface area is 173 Å². The molecule has 0 bridgehead atoms. The molecule has 2 fully saturated rings. The standard InChI is InChI=1S/C27H41F/c1-2-3-4-5-22-12-16-26(17-13-22)27-18-14-24(15-19-27)7-6-23-8-10-25(11-9-23)20-21-28/h12-13,16-17,20-21,23-25,27H,2-11,14-15,18-19H2,1H3. The van der Waals surface area contributed by atoms with Crippen molar-refractivity contribution < 1.29 is 4.39 Å². The minimum absolute atomic E-state index is 0.509. The molecule has 1 aromatic rings. The fraction of sp³-hybridized carbons (Fsp3) is 0.704. The van der Waals surface area contributed by atoms with E-state index in [0.717, 1.165) is 24.1 Å². The van der Waals surface area contributed by atoms with Gasteiger partial charge >= 0.3 is 0 Å². The summed E-state index contributed by atoms with van der Waals surface area (Å²) < 4.78 is 12.3. The van der Waals surface area contributed by atoms with Crippen LogP contribution in [-0.4, -0.2) is 0 Å². The second kappa shape index (κ2) is 11.8. The van der Waals surface area contributed by atoms with Crippen molar-refractivity contribution in [1.29, 1.82) is 0 Å². The predicted molar refractivity (Wildman–Crippen MR) is 119 cm³/mol. The molecule has 0 unspecified atom stereocenters. The fourth-order valence-corrected chi connectivity index (χ4v) is 5.56. The van der Waals surface area contributed by atoms with Gasteiger partial charge in [0, 0.05) is 0 Å². The van der Waals surface area contributed by atoms with Crippen LogP contribution in [0.3, 0.4) is 0 Å². The highest BCUT2D eigenvalue weighted by molar-refractivity contribution is 5.26. The SMILES string of the molecule is CCCCCc1ccc(C2CCC(CCC3CCC(C=CF)CC3)CC2)cc1. The van der Waals surface area contributed by atoms with E-state index in [-0.39, 0.29) is 0 Å². The molecular formula is C27H41F. The summed E-state index contributed by atoms with van der Waals surface area (Å²) in [6.07, 6.45) is 21.2. The van der Waals surface area contributed by atoms with Gasteiger partial charge in [-0.2, -0.15) is 0 Å². The number of hydrogen-bond donors (Lipinski definition) is 0. The first-order valence-corrected chi connectivity index (χ1v) is 12.1. The largest absolute Gasteiger partial charge is 0.216 e. The zero-order chi connectivity index (χ0) is 19.6. The van der Waals surface area contributed by atoms with Gasteiger partial charge < -0.3 is 0 Å². The van der Waals surface area contributed by atoms with Crippen LogP contribution in [0.25, 0.3) is 0 Å². The Morgan fingerprint density at radius 2 is 1.43 bits per heavy atom. The normalized spacial score (nSPS) is 28.6. The summed E-state index contributed by atoms with van der Waals surface area (Å²) in [6.45, 7) is 2.27. The van der Waals surface area contributed by atoms with Crippen LogP contribution in [0.5, 0.6) is 0 Å². The first kappa shape index (κ1) is 21.6. The molecule has 2 aliphatic rings. The third-order valence-electron chi connectivity index (χ3n) is 7.59. The molecule has 2 aliphatic carbocycles. The molecule has 3 rings (SSSR count). The van der Waals surface area contributed by atoms with Gasteiger partial charge in [0.25, 0.3) is 0 Å². The van der Waals surface area contributed by atoms with E-state index in [1.54, 1.807) is 11.6 Å². The van der Waals surface area contributed by atoms with Gasteiger partial charge in [0.1, 0.15) is 0 Å². The minimum Gasteiger partial charge on any atom is -0.216 e. The second-order valence-electron chi connectivity index (χ2n) is 9.59. The summed E-state index contributed by atoms with van der Waals surface area (Å²) in [5.41, 5.74) is 3.10. The molecule has 0 heterocycles. The van der Waals surface area contributed by atoms with E-state index in [2.05, 4.69) is 31.2 Å². The number of allylic oxidation sites excluding steroid dienone is 1. The van der Waals surface area contributed by atoms with E-state index in [9.17, 15) is 4.39 Å². The molecule has 2 saturated carbocycles. The number of unbranched alkanes of at least 4 members (excludes halogenated alkanes) is 2. The molecule has 0 N–H and O–H groups in total. The number of rotatable bonds is 9. The Balaban J connectivity index is 1.34. The number of benzene rings is 1. The van der Waals surface area contributed by atoms with Gasteiger partial charge in [-0.1, -0.05) is 62.9 Å². The van der Waals surface area contributed by atoms with Gasteiger partial charge in [0.2, 0.25) is 0 Å². The maximum Gasteiger partial charge on any atom is 0.0829 e. The summed E-state index contributed by atoms with van der Waals surface area (Å²) in [5, 5.41) is 0. The van der Waals surface area contributed by atoms with E-state index in [4.69, 9.17) is 0 Å². The average molecular weight is 385 g/mol. The Morgan fingerprint density at radius 3 is 2.00 bits per heavy atom. The fourth-order valence-electron chi connectivity index (χ4n) is 5.56. The van der Waals surface area contributed by atoms with Crippen LogP contribution in [0.1, 0.15) is 107 Å². The van der Waals surface area contributed by atoms with Crippen LogP contribution < -0.4 is 0 Å². The van der Waals surface area contributed by atoms with Gasteiger partial charge in [0.15, 0.2) is 0 Å². The Kier molecular flexibility index (Phi) is 9.09. The predicted octanol–water partition coefficient (Wildman–Crippen LogP) is 8.76. The lowest BCUT2D eigenvalue weighted by molar-refractivity contribution is 0.245. The van der Waals surface area contributed by atoms with Gasteiger partial charge in [-0.05, 0) is 99.0 Å². The third kappa shape index (κ3) is 6.75. The molecule has 0 aromatic heterocycles. The van der Waals surface area contributed by atoms with Crippen molar-refractivity contribution in [2.75, 3.05) is 0 Å². The maximum atomic E-state index is 12.3. The van der Waals surface area contributed by atoms with Crippen LogP contribution in [0, 0.1) is 17.8 Å². The van der Waals surface area contributed by atoms with E-state index in [0.29, 0.717) is 5.92 Å². The summed E-state index contributed by atoms with van der Waals surface area (Å²) in [6, 6.07) is 9.59. The third-order valence-corrected chi connectivity index (χ3v) is 7.59. The molecule has 0 amide bonds. The minimum atomic E-state index is 0.509. The molecule has 0 nitrogen and oxygen atoms in total. The molecule has 0 saturated heterocycles. The molecular weight excluding hydrogens is 343 g/mol. The topological polar surface area (TPSA) is 0 Å². The van der Waals surface area contributed by atoms with Crippen LogP contribution in [0.4, 0.5) is 4.39 Å². The quantitative estimate of drug-likeness (QED) is 0.373. The van der Waals surface area contributed by atoms with Crippen molar-refractivity contribution in [3.05, 3.63) is 47.8 Å². The van der Waals surface area contributed by atoms with E-state index < -0.39 is 0 Å². The maximum absolute atomic E-state index is 12.3. The van der Waals surface area contributed by atoms with E-state index >= 15 is 0 Å². The zero-order valence-corrected chi connectivity index (χ0v) is 18.1. The molecule has 0 atom stereocenters. The molecule has 1 aromatic carbocycles. The lowest BCUT2D eigenvalue weighted by Crippen LogP contribution is -2.17.